The van der Waals surface area contributed by atoms with Gasteiger partial charge in [0.15, 0.2) is 5.82 Å². The van der Waals surface area contributed by atoms with Gasteiger partial charge < -0.3 is 11.1 Å². The van der Waals surface area contributed by atoms with Crippen molar-refractivity contribution in [3.8, 4) is 0 Å². The summed E-state index contributed by atoms with van der Waals surface area (Å²) in [7, 11) is 0. The van der Waals surface area contributed by atoms with E-state index in [0.717, 1.165) is 6.54 Å². The van der Waals surface area contributed by atoms with Crippen LogP contribution in [0.1, 0.15) is 27.7 Å². The van der Waals surface area contributed by atoms with Gasteiger partial charge in [-0.2, -0.15) is 0 Å². The topological polar surface area (TPSA) is 50.9 Å². The lowest BCUT2D eigenvalue weighted by Crippen LogP contribution is -2.25. The van der Waals surface area contributed by atoms with Crippen LogP contribution in [0.5, 0.6) is 0 Å². The molecule has 0 aliphatic rings. The first-order chi connectivity index (χ1) is 7.30. The number of pyridine rings is 1. The Hall–Kier alpha value is -0.960. The minimum absolute atomic E-state index is 0.264. The fourth-order valence-corrected chi connectivity index (χ4v) is 1.29. The van der Waals surface area contributed by atoms with Gasteiger partial charge in [-0.1, -0.05) is 39.3 Å². The van der Waals surface area contributed by atoms with Crippen LogP contribution in [-0.4, -0.2) is 11.5 Å². The maximum absolute atomic E-state index is 5.82. The zero-order valence-electron chi connectivity index (χ0n) is 10.3. The van der Waals surface area contributed by atoms with Crippen molar-refractivity contribution in [3.05, 3.63) is 17.3 Å². The number of hydrogen-bond donors (Lipinski definition) is 2. The van der Waals surface area contributed by atoms with Gasteiger partial charge in [0.2, 0.25) is 0 Å². The molecule has 0 amide bonds. The number of nitrogens with zero attached hydrogens (tertiary/aromatic N) is 1. The molecule has 0 saturated carbocycles. The van der Waals surface area contributed by atoms with Crippen molar-refractivity contribution in [1.82, 2.24) is 4.98 Å². The third kappa shape index (κ3) is 3.56. The number of aromatic nitrogens is 1. The number of rotatable bonds is 3. The van der Waals surface area contributed by atoms with Gasteiger partial charge in [0, 0.05) is 6.54 Å². The quantitative estimate of drug-likeness (QED) is 0.798. The summed E-state index contributed by atoms with van der Waals surface area (Å²) in [6.45, 7) is 9.69. The van der Waals surface area contributed by atoms with Gasteiger partial charge in [-0.25, -0.2) is 4.98 Å². The Balaban J connectivity index is 2.64. The zero-order valence-corrected chi connectivity index (χ0v) is 11.1. The van der Waals surface area contributed by atoms with Crippen LogP contribution in [0.4, 0.5) is 11.5 Å². The molecule has 0 bridgehead atoms. The van der Waals surface area contributed by atoms with Crippen molar-refractivity contribution < 1.29 is 0 Å². The predicted molar refractivity (Wildman–Crippen MR) is 70.8 cm³/mol. The molecule has 0 aliphatic heterocycles. The minimum atomic E-state index is 0.264. The summed E-state index contributed by atoms with van der Waals surface area (Å²) in [6, 6.07) is 3.45. The lowest BCUT2D eigenvalue weighted by atomic mass is 9.82. The molecule has 1 aromatic rings. The highest BCUT2D eigenvalue weighted by Gasteiger charge is 2.19. The molecule has 16 heavy (non-hydrogen) atoms. The zero-order chi connectivity index (χ0) is 12.3. The summed E-state index contributed by atoms with van der Waals surface area (Å²) in [6.07, 6.45) is 0. The molecule has 0 aliphatic carbocycles. The van der Waals surface area contributed by atoms with Crippen LogP contribution in [0, 0.1) is 11.3 Å². The van der Waals surface area contributed by atoms with Crippen LogP contribution >= 0.6 is 11.6 Å². The standard InChI is InChI=1S/C12H20ClN3/c1-8(12(2,3)4)7-15-11-9(14)5-6-10(13)16-11/h5-6,8H,7,14H2,1-4H3,(H,15,16). The van der Waals surface area contributed by atoms with E-state index in [4.69, 9.17) is 17.3 Å². The van der Waals surface area contributed by atoms with E-state index < -0.39 is 0 Å². The highest BCUT2D eigenvalue weighted by atomic mass is 35.5. The molecule has 1 rings (SSSR count). The monoisotopic (exact) mass is 241 g/mol. The largest absolute Gasteiger partial charge is 0.396 e. The number of nitrogens with two attached hydrogens (primary N) is 1. The molecule has 4 heteroatoms. The van der Waals surface area contributed by atoms with Gasteiger partial charge in [0.25, 0.3) is 0 Å². The average molecular weight is 242 g/mol. The Labute approximate surface area is 102 Å². The SMILES string of the molecule is CC(CNc1nc(Cl)ccc1N)C(C)(C)C. The van der Waals surface area contributed by atoms with Crippen molar-refractivity contribution in [2.24, 2.45) is 11.3 Å². The summed E-state index contributed by atoms with van der Waals surface area (Å²) in [5.74, 6) is 1.19. The molecule has 3 nitrogen and oxygen atoms in total. The van der Waals surface area contributed by atoms with E-state index in [2.05, 4.69) is 38.0 Å². The Morgan fingerprint density at radius 3 is 2.62 bits per heavy atom. The smallest absolute Gasteiger partial charge is 0.150 e. The summed E-state index contributed by atoms with van der Waals surface area (Å²) in [4.78, 5) is 4.16. The first-order valence-electron chi connectivity index (χ1n) is 5.46. The highest BCUT2D eigenvalue weighted by molar-refractivity contribution is 6.29. The molecule has 0 fully saturated rings. The molecule has 0 saturated heterocycles. The molecule has 1 unspecified atom stereocenters. The molecular weight excluding hydrogens is 222 g/mol. The van der Waals surface area contributed by atoms with E-state index in [1.807, 2.05) is 0 Å². The number of hydrogen-bond acceptors (Lipinski definition) is 3. The molecule has 90 valence electrons. The second kappa shape index (κ2) is 4.91. The van der Waals surface area contributed by atoms with E-state index in [-0.39, 0.29) is 5.41 Å². The van der Waals surface area contributed by atoms with E-state index in [9.17, 15) is 0 Å². The third-order valence-electron chi connectivity index (χ3n) is 2.95. The van der Waals surface area contributed by atoms with Crippen LogP contribution in [0.3, 0.4) is 0 Å². The highest BCUT2D eigenvalue weighted by Crippen LogP contribution is 2.26. The maximum atomic E-state index is 5.82. The van der Waals surface area contributed by atoms with Gasteiger partial charge >= 0.3 is 0 Å². The first kappa shape index (κ1) is 13.1. The summed E-state index contributed by atoms with van der Waals surface area (Å²) < 4.78 is 0. The summed E-state index contributed by atoms with van der Waals surface area (Å²) in [5, 5.41) is 3.70. The molecule has 1 atom stereocenters. The Kier molecular flexibility index (Phi) is 4.03. The lowest BCUT2D eigenvalue weighted by molar-refractivity contribution is 0.274. The fourth-order valence-electron chi connectivity index (χ4n) is 1.14. The number of nitrogen functional groups attached to an aromatic ring is 1. The van der Waals surface area contributed by atoms with E-state index in [1.54, 1.807) is 12.1 Å². The molecule has 3 N–H and O–H groups in total. The normalized spacial score (nSPS) is 13.6. The fraction of sp³-hybridized carbons (Fsp3) is 0.583. The van der Waals surface area contributed by atoms with Gasteiger partial charge in [-0.3, -0.25) is 0 Å². The minimum Gasteiger partial charge on any atom is -0.396 e. The number of halogens is 1. The number of anilines is 2. The average Bonchev–Trinajstić information content (AvgIpc) is 2.17. The summed E-state index contributed by atoms with van der Waals surface area (Å²) >= 11 is 5.82. The molecule has 0 spiro atoms. The molecule has 0 aromatic carbocycles. The predicted octanol–water partition coefficient (Wildman–Crippen LogP) is 3.41. The summed E-state index contributed by atoms with van der Waals surface area (Å²) in [5.41, 5.74) is 6.70. The maximum Gasteiger partial charge on any atom is 0.150 e. The van der Waals surface area contributed by atoms with E-state index >= 15 is 0 Å². The van der Waals surface area contributed by atoms with Crippen molar-refractivity contribution in [3.63, 3.8) is 0 Å². The van der Waals surface area contributed by atoms with Crippen molar-refractivity contribution in [2.75, 3.05) is 17.6 Å². The second-order valence-electron chi connectivity index (χ2n) is 5.22. The first-order valence-corrected chi connectivity index (χ1v) is 5.84. The van der Waals surface area contributed by atoms with Gasteiger partial charge in [-0.05, 0) is 23.5 Å². The van der Waals surface area contributed by atoms with Gasteiger partial charge in [-0.15, -0.1) is 0 Å². The van der Waals surface area contributed by atoms with Crippen LogP contribution < -0.4 is 11.1 Å². The van der Waals surface area contributed by atoms with E-state index in [1.165, 1.54) is 0 Å². The van der Waals surface area contributed by atoms with Gasteiger partial charge in [0.05, 0.1) is 5.69 Å². The van der Waals surface area contributed by atoms with Crippen LogP contribution in [0.2, 0.25) is 5.15 Å². The van der Waals surface area contributed by atoms with Crippen molar-refractivity contribution >= 4 is 23.1 Å². The molecule has 1 heterocycles. The molecule has 1 aromatic heterocycles. The van der Waals surface area contributed by atoms with Crippen LogP contribution in [0.25, 0.3) is 0 Å². The van der Waals surface area contributed by atoms with Crippen LogP contribution in [-0.2, 0) is 0 Å². The third-order valence-corrected chi connectivity index (χ3v) is 3.16. The van der Waals surface area contributed by atoms with Crippen molar-refractivity contribution in [1.29, 1.82) is 0 Å². The Morgan fingerprint density at radius 2 is 2.06 bits per heavy atom. The van der Waals surface area contributed by atoms with Crippen molar-refractivity contribution in [2.45, 2.75) is 27.7 Å². The lowest BCUT2D eigenvalue weighted by Gasteiger charge is -2.27. The Morgan fingerprint density at radius 1 is 1.44 bits per heavy atom. The Bertz CT molecular complexity index is 358. The molecule has 0 radical (unpaired) electrons. The van der Waals surface area contributed by atoms with E-state index in [0.29, 0.717) is 22.6 Å². The molecular formula is C12H20ClN3. The van der Waals surface area contributed by atoms with Crippen LogP contribution in [0.15, 0.2) is 12.1 Å². The second-order valence-corrected chi connectivity index (χ2v) is 5.61. The number of nitrogens with one attached hydrogen (secondary N) is 1. The van der Waals surface area contributed by atoms with Gasteiger partial charge in [0.1, 0.15) is 5.15 Å².